The summed E-state index contributed by atoms with van der Waals surface area (Å²) in [5.41, 5.74) is 18.7. The van der Waals surface area contributed by atoms with Gasteiger partial charge in [0.15, 0.2) is 0 Å². The lowest BCUT2D eigenvalue weighted by Crippen LogP contribution is -2.61. The highest BCUT2D eigenvalue weighted by molar-refractivity contribution is 7.25. The summed E-state index contributed by atoms with van der Waals surface area (Å²) in [7, 11) is 0. The number of thiophene rings is 1. The molecule has 0 aliphatic carbocycles. The Morgan fingerprint density at radius 3 is 2.12 bits per heavy atom. The third kappa shape index (κ3) is 4.16. The predicted octanol–water partition coefficient (Wildman–Crippen LogP) is 13.3. The van der Waals surface area contributed by atoms with Crippen LogP contribution in [0.25, 0.3) is 69.8 Å². The van der Waals surface area contributed by atoms with Crippen molar-refractivity contribution in [2.45, 2.75) is 26.2 Å². The third-order valence-corrected chi connectivity index (χ3v) is 14.6. The van der Waals surface area contributed by atoms with Gasteiger partial charge in [0, 0.05) is 53.4 Å². The Morgan fingerprint density at radius 1 is 0.517 bits per heavy atom. The quantitative estimate of drug-likeness (QED) is 0.163. The molecule has 60 heavy (non-hydrogen) atoms. The number of hydrogen-bond acceptors (Lipinski definition) is 4. The van der Waals surface area contributed by atoms with Gasteiger partial charge in [0.25, 0.3) is 6.71 Å². The molecule has 282 valence electrons. The van der Waals surface area contributed by atoms with Gasteiger partial charge in [0.05, 0.1) is 39.4 Å². The van der Waals surface area contributed by atoms with Gasteiger partial charge >= 0.3 is 0 Å². The van der Waals surface area contributed by atoms with Crippen molar-refractivity contribution in [3.8, 4) is 16.8 Å². The fourth-order valence-electron chi connectivity index (χ4n) is 10.7. The first kappa shape index (κ1) is 32.9. The van der Waals surface area contributed by atoms with E-state index in [-0.39, 0.29) is 12.1 Å². The van der Waals surface area contributed by atoms with E-state index in [9.17, 15) is 0 Å². The van der Waals surface area contributed by atoms with E-state index in [1.807, 2.05) is 11.3 Å². The molecule has 0 bridgehead atoms. The number of nitrogens with zero attached hydrogens (tertiary/aromatic N) is 3. The van der Waals surface area contributed by atoms with Crippen LogP contribution in [0.1, 0.15) is 26.3 Å². The van der Waals surface area contributed by atoms with Crippen molar-refractivity contribution < 1.29 is 4.42 Å². The van der Waals surface area contributed by atoms with E-state index < -0.39 is 0 Å². The zero-order valence-electron chi connectivity index (χ0n) is 33.3. The second-order valence-electron chi connectivity index (χ2n) is 17.7. The fourth-order valence-corrected chi connectivity index (χ4v) is 11.8. The Morgan fingerprint density at radius 2 is 1.25 bits per heavy atom. The van der Waals surface area contributed by atoms with Crippen LogP contribution in [0.2, 0.25) is 0 Å². The van der Waals surface area contributed by atoms with Crippen molar-refractivity contribution >= 4 is 122 Å². The van der Waals surface area contributed by atoms with E-state index in [0.29, 0.717) is 0 Å². The first-order valence-corrected chi connectivity index (χ1v) is 21.7. The zero-order valence-corrected chi connectivity index (χ0v) is 34.1. The normalized spacial score (nSPS) is 13.8. The first-order valence-electron chi connectivity index (χ1n) is 20.9. The Bertz CT molecular complexity index is 3680. The molecule has 0 saturated heterocycles. The van der Waals surface area contributed by atoms with E-state index in [1.54, 1.807) is 0 Å². The molecule has 14 rings (SSSR count). The minimum atomic E-state index is -0.137. The molecule has 3 aliphatic heterocycles. The highest BCUT2D eigenvalue weighted by Gasteiger charge is 2.49. The smallest absolute Gasteiger partial charge is 0.297 e. The van der Waals surface area contributed by atoms with E-state index in [4.69, 9.17) is 4.42 Å². The number of benzene rings is 8. The fraction of sp³-hybridized carbons (Fsp3) is 0.0741. The van der Waals surface area contributed by atoms with Gasteiger partial charge < -0.3 is 18.8 Å². The molecule has 0 saturated carbocycles. The van der Waals surface area contributed by atoms with Gasteiger partial charge in [-0.15, -0.1) is 11.3 Å². The topological polar surface area (TPSA) is 24.6 Å². The molecular formula is C54H36BN3OS. The molecule has 4 nitrogen and oxygen atoms in total. The largest absolute Gasteiger partial charge is 0.468 e. The van der Waals surface area contributed by atoms with E-state index in [1.165, 1.54) is 98.0 Å². The van der Waals surface area contributed by atoms with Gasteiger partial charge in [0.2, 0.25) is 0 Å². The molecule has 6 heteroatoms. The van der Waals surface area contributed by atoms with Gasteiger partial charge in [-0.2, -0.15) is 0 Å². The van der Waals surface area contributed by atoms with Crippen molar-refractivity contribution in [1.82, 2.24) is 4.57 Å². The van der Waals surface area contributed by atoms with Crippen molar-refractivity contribution in [3.05, 3.63) is 169 Å². The SMILES string of the molecule is CC(C)(C)c1cc2c3c(c1)N1c4c(cccc4-n4c5ccccc5c5cccc1c54)B3c1oc3ccc(-c4ccccc4)cc3c1N2c1ccc2sc3ccccc3c2c1. The van der Waals surface area contributed by atoms with Crippen molar-refractivity contribution in [3.63, 3.8) is 0 Å². The molecule has 8 aromatic carbocycles. The van der Waals surface area contributed by atoms with Crippen LogP contribution in [0.4, 0.5) is 34.1 Å². The second-order valence-corrected chi connectivity index (χ2v) is 18.8. The van der Waals surface area contributed by atoms with Crippen LogP contribution in [-0.2, 0) is 5.41 Å². The van der Waals surface area contributed by atoms with Crippen molar-refractivity contribution in [2.75, 3.05) is 9.80 Å². The average Bonchev–Trinajstić information content (AvgIpc) is 3.96. The molecule has 3 aromatic heterocycles. The van der Waals surface area contributed by atoms with Crippen LogP contribution < -0.4 is 26.4 Å². The lowest BCUT2D eigenvalue weighted by molar-refractivity contribution is 0.590. The molecule has 0 amide bonds. The summed E-state index contributed by atoms with van der Waals surface area (Å²) in [6.07, 6.45) is 0. The number of para-hydroxylation sites is 3. The number of furan rings is 1. The van der Waals surface area contributed by atoms with Crippen LogP contribution in [0.5, 0.6) is 0 Å². The maximum absolute atomic E-state index is 7.32. The molecule has 3 aliphatic rings. The van der Waals surface area contributed by atoms with Crippen LogP contribution in [0.15, 0.2) is 168 Å². The van der Waals surface area contributed by atoms with Crippen molar-refractivity contribution in [2.24, 2.45) is 0 Å². The number of anilines is 6. The minimum Gasteiger partial charge on any atom is -0.468 e. The van der Waals surface area contributed by atoms with Crippen molar-refractivity contribution in [1.29, 1.82) is 0 Å². The Labute approximate surface area is 351 Å². The molecule has 6 heterocycles. The monoisotopic (exact) mass is 785 g/mol. The molecule has 0 N–H and O–H groups in total. The summed E-state index contributed by atoms with van der Waals surface area (Å²) in [5, 5.41) is 6.23. The maximum atomic E-state index is 7.32. The van der Waals surface area contributed by atoms with Crippen LogP contribution in [-0.4, -0.2) is 11.3 Å². The summed E-state index contributed by atoms with van der Waals surface area (Å²) in [5.74, 6) is 0. The van der Waals surface area contributed by atoms with E-state index in [2.05, 4.69) is 199 Å². The van der Waals surface area contributed by atoms with Crippen LogP contribution in [0, 0.1) is 0 Å². The molecule has 0 unspecified atom stereocenters. The van der Waals surface area contributed by atoms with Gasteiger partial charge in [-0.05, 0) is 99.8 Å². The molecule has 11 aromatic rings. The molecule has 0 atom stereocenters. The summed E-state index contributed by atoms with van der Waals surface area (Å²) in [6, 6.07) is 61.0. The van der Waals surface area contributed by atoms with Gasteiger partial charge in [-0.3, -0.25) is 0 Å². The molecule has 0 spiro atoms. The van der Waals surface area contributed by atoms with Gasteiger partial charge in [-0.25, -0.2) is 0 Å². The molecular weight excluding hydrogens is 749 g/mol. The summed E-state index contributed by atoms with van der Waals surface area (Å²) >= 11 is 1.86. The molecule has 0 fully saturated rings. The Hall–Kier alpha value is -7.02. The standard InChI is InChI=1S/C54H36BN3OS/c1-54(2,3)33-28-44-49-45(29-33)58-42-20-11-17-37-35-15-7-9-19-41(35)57(50(37)42)43-21-12-18-40(52(43)58)55(49)53-51(39-27-32(23-25-46(39)59-53)31-13-5-4-6-14-31)56(44)34-24-26-48-38(30-34)36-16-8-10-22-47(36)60-48/h4-30H,1-3H3. The first-order chi connectivity index (χ1) is 29.4. The highest BCUT2D eigenvalue weighted by atomic mass is 32.1. The highest BCUT2D eigenvalue weighted by Crippen LogP contribution is 2.54. The van der Waals surface area contributed by atoms with Crippen LogP contribution in [0.3, 0.4) is 0 Å². The van der Waals surface area contributed by atoms with E-state index >= 15 is 0 Å². The zero-order chi connectivity index (χ0) is 39.6. The summed E-state index contributed by atoms with van der Waals surface area (Å²) in [4.78, 5) is 5.13. The van der Waals surface area contributed by atoms with Gasteiger partial charge in [0.1, 0.15) is 5.58 Å². The number of aromatic nitrogens is 1. The Kier molecular flexibility index (Phi) is 6.24. The lowest BCUT2D eigenvalue weighted by atomic mass is 9.35. The average molecular weight is 786 g/mol. The predicted molar refractivity (Wildman–Crippen MR) is 255 cm³/mol. The number of fused-ring (bicyclic) bond motifs is 14. The second kappa shape index (κ2) is 11.4. The van der Waals surface area contributed by atoms with Crippen LogP contribution >= 0.6 is 11.3 Å². The Balaban J connectivity index is 1.14. The molecule has 0 radical (unpaired) electrons. The summed E-state index contributed by atoms with van der Waals surface area (Å²) < 4.78 is 12.4. The van der Waals surface area contributed by atoms with Gasteiger partial charge in [-0.1, -0.05) is 118 Å². The number of hydrogen-bond donors (Lipinski definition) is 0. The third-order valence-electron chi connectivity index (χ3n) is 13.4. The maximum Gasteiger partial charge on any atom is 0.297 e. The lowest BCUT2D eigenvalue weighted by Gasteiger charge is -2.45. The minimum absolute atomic E-state index is 0.129. The van der Waals surface area contributed by atoms with E-state index in [0.717, 1.165) is 28.0 Å². The number of rotatable bonds is 2. The summed E-state index contributed by atoms with van der Waals surface area (Å²) in [6.45, 7) is 6.90.